The summed E-state index contributed by atoms with van der Waals surface area (Å²) in [5, 5.41) is 0. The predicted molar refractivity (Wildman–Crippen MR) is 161 cm³/mol. The van der Waals surface area contributed by atoms with Crippen LogP contribution in [-0.2, 0) is 0 Å². The third-order valence-corrected chi connectivity index (χ3v) is 7.59. The van der Waals surface area contributed by atoms with E-state index in [0.717, 1.165) is 54.2 Å². The molecule has 1 heterocycles. The maximum atomic E-state index is 5.37. The van der Waals surface area contributed by atoms with Gasteiger partial charge < -0.3 is 4.90 Å². The number of hydrogen-bond acceptors (Lipinski definition) is 3. The third kappa shape index (κ3) is 8.27. The zero-order chi connectivity index (χ0) is 26.8. The molecule has 0 amide bonds. The van der Waals surface area contributed by atoms with Crippen molar-refractivity contribution in [3.8, 4) is 0 Å². The highest BCUT2D eigenvalue weighted by atomic mass is 15.1. The fraction of sp³-hybridized carbons (Fsp3) is 0.515. The van der Waals surface area contributed by atoms with Gasteiger partial charge in [-0.3, -0.25) is 9.98 Å². The smallest absolute Gasteiger partial charge is 0.0887 e. The highest BCUT2D eigenvalue weighted by Crippen LogP contribution is 2.30. The van der Waals surface area contributed by atoms with Gasteiger partial charge in [0.25, 0.3) is 0 Å². The number of hydrogen-bond donors (Lipinski definition) is 0. The van der Waals surface area contributed by atoms with E-state index in [2.05, 4.69) is 95.4 Å². The Kier molecular flexibility index (Phi) is 11.8. The van der Waals surface area contributed by atoms with Crippen LogP contribution in [0.3, 0.4) is 0 Å². The van der Waals surface area contributed by atoms with Gasteiger partial charge in [0.15, 0.2) is 0 Å². The second kappa shape index (κ2) is 14.3. The first-order chi connectivity index (χ1) is 17.1. The molecule has 3 nitrogen and oxygen atoms in total. The quantitative estimate of drug-likeness (QED) is 0.224. The van der Waals surface area contributed by atoms with Crippen LogP contribution in [0.2, 0.25) is 0 Å². The van der Waals surface area contributed by atoms with Gasteiger partial charge in [-0.05, 0) is 120 Å². The molecule has 2 rings (SSSR count). The maximum Gasteiger partial charge on any atom is 0.0887 e. The van der Waals surface area contributed by atoms with E-state index in [1.165, 1.54) is 41.6 Å². The van der Waals surface area contributed by atoms with E-state index in [9.17, 15) is 0 Å². The lowest BCUT2D eigenvalue weighted by Crippen LogP contribution is -2.24. The van der Waals surface area contributed by atoms with Gasteiger partial charge in [0.1, 0.15) is 0 Å². The van der Waals surface area contributed by atoms with Gasteiger partial charge in [-0.25, -0.2) is 0 Å². The van der Waals surface area contributed by atoms with Gasteiger partial charge in [0.05, 0.1) is 11.4 Å². The third-order valence-electron chi connectivity index (χ3n) is 7.59. The number of aliphatic imine (C=N–C) groups is 2. The molecule has 36 heavy (non-hydrogen) atoms. The Morgan fingerprint density at radius 3 is 2.25 bits per heavy atom. The Morgan fingerprint density at radius 1 is 1.08 bits per heavy atom. The number of rotatable bonds is 10. The molecule has 0 bridgehead atoms. The van der Waals surface area contributed by atoms with E-state index in [1.54, 1.807) is 5.57 Å². The predicted octanol–water partition coefficient (Wildman–Crippen LogP) is 8.61. The second-order valence-corrected chi connectivity index (χ2v) is 10.5. The Balaban J connectivity index is 2.63. The molecule has 1 atom stereocenters. The zero-order valence-corrected chi connectivity index (χ0v) is 24.5. The monoisotopic (exact) mass is 487 g/mol. The summed E-state index contributed by atoms with van der Waals surface area (Å²) in [6.07, 6.45) is 17.2. The highest BCUT2D eigenvalue weighted by molar-refractivity contribution is 6.12. The largest absolute Gasteiger partial charge is 0.302 e. The fourth-order valence-corrected chi connectivity index (χ4v) is 4.41. The van der Waals surface area contributed by atoms with Gasteiger partial charge in [-0.1, -0.05) is 49.8 Å². The van der Waals surface area contributed by atoms with Gasteiger partial charge in [0, 0.05) is 25.8 Å². The molecule has 0 aromatic rings. The van der Waals surface area contributed by atoms with Gasteiger partial charge in [-0.15, -0.1) is 0 Å². The molecule has 1 aliphatic carbocycles. The summed E-state index contributed by atoms with van der Waals surface area (Å²) in [7, 11) is 4.05. The van der Waals surface area contributed by atoms with Crippen LogP contribution in [0.5, 0.6) is 0 Å². The Morgan fingerprint density at radius 2 is 1.78 bits per heavy atom. The standard InChI is InChI=1S/C33H49N3/c1-11-24(5)33(27(8)20-28(12-2)30-16-18-36(10)19-17-30)35-32(22-26(7)29-14-13-15-29)31(34-9)21-25(6)23(3)4/h12,16,20-22,24H,3,11,13-15,17-19H2,1-2,4-10H3/b25-21+,27-20-,28-12+,32-22-,34-31+,35-33+. The van der Waals surface area contributed by atoms with Crippen LogP contribution in [0.4, 0.5) is 0 Å². The summed E-state index contributed by atoms with van der Waals surface area (Å²) in [4.78, 5) is 12.4. The molecule has 0 saturated heterocycles. The molecule has 0 aromatic heterocycles. The lowest BCUT2D eigenvalue weighted by molar-refractivity contribution is 0.361. The van der Waals surface area contributed by atoms with Gasteiger partial charge in [0.2, 0.25) is 0 Å². The first kappa shape index (κ1) is 29.7. The van der Waals surface area contributed by atoms with E-state index in [4.69, 9.17) is 4.99 Å². The lowest BCUT2D eigenvalue weighted by atomic mass is 9.88. The molecule has 2 aliphatic rings. The van der Waals surface area contributed by atoms with Crippen LogP contribution in [-0.4, -0.2) is 43.5 Å². The summed E-state index contributed by atoms with van der Waals surface area (Å²) in [5.41, 5.74) is 12.0. The Labute approximate surface area is 221 Å². The van der Waals surface area contributed by atoms with Crippen molar-refractivity contribution in [3.05, 3.63) is 81.7 Å². The first-order valence-electron chi connectivity index (χ1n) is 13.6. The van der Waals surface area contributed by atoms with Crippen molar-refractivity contribution in [1.29, 1.82) is 0 Å². The van der Waals surface area contributed by atoms with E-state index in [1.807, 2.05) is 14.0 Å². The molecular formula is C33H49N3. The van der Waals surface area contributed by atoms with Crippen LogP contribution >= 0.6 is 0 Å². The highest BCUT2D eigenvalue weighted by Gasteiger charge is 2.17. The van der Waals surface area contributed by atoms with Crippen LogP contribution in [0.1, 0.15) is 80.6 Å². The minimum absolute atomic E-state index is 0.343. The summed E-state index contributed by atoms with van der Waals surface area (Å²) in [6.45, 7) is 21.5. The number of allylic oxidation sites excluding steroid dienone is 10. The molecule has 0 radical (unpaired) electrons. The molecule has 0 aromatic carbocycles. The van der Waals surface area contributed by atoms with E-state index in [-0.39, 0.29) is 0 Å². The SMILES string of the molecule is C=C(C)/C(C)=C/C(=N\C)C(=C/C(C)=C1CCC1)/N=C(/C(C)=C\C(=C/C)C1=CCN(C)CC1)C(C)CC. The number of nitrogens with zero attached hydrogens (tertiary/aromatic N) is 3. The molecule has 1 saturated carbocycles. The van der Waals surface area contributed by atoms with E-state index >= 15 is 0 Å². The topological polar surface area (TPSA) is 28.0 Å². The minimum atomic E-state index is 0.343. The normalized spacial score (nSPS) is 20.2. The zero-order valence-electron chi connectivity index (χ0n) is 24.5. The van der Waals surface area contributed by atoms with Crippen molar-refractivity contribution in [2.75, 3.05) is 27.2 Å². The molecule has 0 N–H and O–H groups in total. The second-order valence-electron chi connectivity index (χ2n) is 10.5. The van der Waals surface area contributed by atoms with Crippen LogP contribution in [0, 0.1) is 5.92 Å². The van der Waals surface area contributed by atoms with Crippen molar-refractivity contribution in [3.63, 3.8) is 0 Å². The molecule has 196 valence electrons. The summed E-state index contributed by atoms with van der Waals surface area (Å²) >= 11 is 0. The Hall–Kier alpha value is -2.52. The summed E-state index contributed by atoms with van der Waals surface area (Å²) in [6, 6.07) is 0. The number of likely N-dealkylation sites (N-methyl/N-ethyl adjacent to an activating group) is 1. The average molecular weight is 488 g/mol. The molecule has 0 spiro atoms. The fourth-order valence-electron chi connectivity index (χ4n) is 4.41. The lowest BCUT2D eigenvalue weighted by Gasteiger charge is -2.23. The summed E-state index contributed by atoms with van der Waals surface area (Å²) in [5.74, 6) is 0.343. The van der Waals surface area contributed by atoms with E-state index in [0.29, 0.717) is 5.92 Å². The van der Waals surface area contributed by atoms with Crippen molar-refractivity contribution in [2.45, 2.75) is 80.6 Å². The van der Waals surface area contributed by atoms with Crippen LogP contribution in [0.25, 0.3) is 0 Å². The Bertz CT molecular complexity index is 1060. The first-order valence-corrected chi connectivity index (χ1v) is 13.6. The molecular weight excluding hydrogens is 438 g/mol. The molecule has 1 unspecified atom stereocenters. The van der Waals surface area contributed by atoms with Crippen molar-refractivity contribution in [2.24, 2.45) is 15.9 Å². The van der Waals surface area contributed by atoms with Gasteiger partial charge in [-0.2, -0.15) is 0 Å². The average Bonchev–Trinajstić information content (AvgIpc) is 2.82. The minimum Gasteiger partial charge on any atom is -0.302 e. The van der Waals surface area contributed by atoms with Crippen LogP contribution < -0.4 is 0 Å². The van der Waals surface area contributed by atoms with E-state index < -0.39 is 0 Å². The summed E-state index contributed by atoms with van der Waals surface area (Å²) < 4.78 is 0. The van der Waals surface area contributed by atoms with Crippen molar-refractivity contribution in [1.82, 2.24) is 4.90 Å². The molecule has 3 heteroatoms. The van der Waals surface area contributed by atoms with Crippen molar-refractivity contribution < 1.29 is 0 Å². The maximum absolute atomic E-state index is 5.37. The molecule has 1 fully saturated rings. The van der Waals surface area contributed by atoms with Crippen molar-refractivity contribution >= 4 is 11.4 Å². The van der Waals surface area contributed by atoms with Gasteiger partial charge >= 0.3 is 0 Å². The molecule has 1 aliphatic heterocycles. The van der Waals surface area contributed by atoms with Crippen LogP contribution in [0.15, 0.2) is 91.7 Å².